The van der Waals surface area contributed by atoms with Crippen molar-refractivity contribution in [1.29, 1.82) is 0 Å². The fraction of sp³-hybridized carbons (Fsp3) is 0.375. The van der Waals surface area contributed by atoms with Crippen LogP contribution in [0.15, 0.2) is 30.3 Å². The summed E-state index contributed by atoms with van der Waals surface area (Å²) in [4.78, 5) is 22.8. The first-order chi connectivity index (χ1) is 10.0. The maximum absolute atomic E-state index is 11.9. The molecule has 21 heavy (non-hydrogen) atoms. The van der Waals surface area contributed by atoms with Crippen molar-refractivity contribution in [1.82, 2.24) is 5.32 Å². The Bertz CT molecular complexity index is 539. The lowest BCUT2D eigenvalue weighted by Gasteiger charge is -2.26. The van der Waals surface area contributed by atoms with Crippen LogP contribution >= 0.6 is 11.6 Å². The average Bonchev–Trinajstić information content (AvgIpc) is 2.47. The highest BCUT2D eigenvalue weighted by Crippen LogP contribution is 2.24. The van der Waals surface area contributed by atoms with Crippen molar-refractivity contribution in [3.05, 3.63) is 40.9 Å². The SMILES string of the molecule is O=C(C=Cc1ccc(Cl)cc1)NC1CCCC(C(=O)O)C1. The first-order valence-corrected chi connectivity index (χ1v) is 7.39. The Morgan fingerprint density at radius 3 is 2.62 bits per heavy atom. The van der Waals surface area contributed by atoms with Gasteiger partial charge in [-0.1, -0.05) is 30.2 Å². The predicted octanol–water partition coefficient (Wildman–Crippen LogP) is 3.11. The molecule has 5 heteroatoms. The Balaban J connectivity index is 1.86. The number of nitrogens with one attached hydrogen (secondary N) is 1. The second-order valence-corrected chi connectivity index (χ2v) is 5.73. The van der Waals surface area contributed by atoms with Crippen molar-refractivity contribution >= 4 is 29.6 Å². The normalized spacial score (nSPS) is 22.1. The second-order valence-electron chi connectivity index (χ2n) is 5.29. The van der Waals surface area contributed by atoms with Gasteiger partial charge in [0, 0.05) is 17.1 Å². The topological polar surface area (TPSA) is 66.4 Å². The number of carboxylic acids is 1. The first-order valence-electron chi connectivity index (χ1n) is 7.01. The van der Waals surface area contributed by atoms with E-state index in [1.807, 2.05) is 12.1 Å². The fourth-order valence-corrected chi connectivity index (χ4v) is 2.67. The van der Waals surface area contributed by atoms with Crippen LogP contribution in [0.1, 0.15) is 31.2 Å². The summed E-state index contributed by atoms with van der Waals surface area (Å²) in [7, 11) is 0. The van der Waals surface area contributed by atoms with Crippen LogP contribution < -0.4 is 5.32 Å². The monoisotopic (exact) mass is 307 g/mol. The summed E-state index contributed by atoms with van der Waals surface area (Å²) >= 11 is 5.79. The molecule has 2 atom stereocenters. The smallest absolute Gasteiger partial charge is 0.306 e. The van der Waals surface area contributed by atoms with Crippen LogP contribution in [-0.2, 0) is 9.59 Å². The molecule has 1 aliphatic carbocycles. The third-order valence-electron chi connectivity index (χ3n) is 3.67. The van der Waals surface area contributed by atoms with Crippen LogP contribution in [0.4, 0.5) is 0 Å². The van der Waals surface area contributed by atoms with E-state index in [1.165, 1.54) is 6.08 Å². The lowest BCUT2D eigenvalue weighted by molar-refractivity contribution is -0.143. The zero-order chi connectivity index (χ0) is 15.2. The molecule has 2 rings (SSSR count). The summed E-state index contributed by atoms with van der Waals surface area (Å²) in [6, 6.07) is 7.12. The van der Waals surface area contributed by atoms with Crippen LogP contribution in [0.2, 0.25) is 5.02 Å². The molecule has 1 fully saturated rings. The van der Waals surface area contributed by atoms with Crippen LogP contribution in [0.3, 0.4) is 0 Å². The van der Waals surface area contributed by atoms with Gasteiger partial charge in [0.25, 0.3) is 0 Å². The molecular formula is C16H18ClNO3. The van der Waals surface area contributed by atoms with E-state index in [9.17, 15) is 9.59 Å². The van der Waals surface area contributed by atoms with E-state index >= 15 is 0 Å². The van der Waals surface area contributed by atoms with Crippen molar-refractivity contribution in [2.45, 2.75) is 31.7 Å². The Labute approximate surface area is 128 Å². The highest BCUT2D eigenvalue weighted by Gasteiger charge is 2.27. The van der Waals surface area contributed by atoms with Gasteiger partial charge in [-0.15, -0.1) is 0 Å². The van der Waals surface area contributed by atoms with Gasteiger partial charge in [-0.25, -0.2) is 0 Å². The number of carbonyl (C=O) groups excluding carboxylic acids is 1. The van der Waals surface area contributed by atoms with Gasteiger partial charge in [0.15, 0.2) is 0 Å². The van der Waals surface area contributed by atoms with E-state index in [2.05, 4.69) is 5.32 Å². The van der Waals surface area contributed by atoms with Gasteiger partial charge in [-0.2, -0.15) is 0 Å². The molecular weight excluding hydrogens is 290 g/mol. The number of carboxylic acid groups (broad SMARTS) is 1. The third kappa shape index (κ3) is 4.90. The minimum absolute atomic E-state index is 0.0535. The zero-order valence-corrected chi connectivity index (χ0v) is 12.3. The standard InChI is InChI=1S/C16H18ClNO3/c17-13-7-4-11(5-8-13)6-9-15(19)18-14-3-1-2-12(10-14)16(20)21/h4-9,12,14H,1-3,10H2,(H,18,19)(H,20,21). The van der Waals surface area contributed by atoms with Gasteiger partial charge in [0.2, 0.25) is 5.91 Å². The molecule has 1 aliphatic rings. The van der Waals surface area contributed by atoms with Crippen molar-refractivity contribution in [3.63, 3.8) is 0 Å². The molecule has 1 saturated carbocycles. The largest absolute Gasteiger partial charge is 0.481 e. The van der Waals surface area contributed by atoms with Gasteiger partial charge in [0.1, 0.15) is 0 Å². The minimum atomic E-state index is -0.773. The summed E-state index contributed by atoms with van der Waals surface area (Å²) < 4.78 is 0. The van der Waals surface area contributed by atoms with Gasteiger partial charge in [-0.3, -0.25) is 9.59 Å². The van der Waals surface area contributed by atoms with Gasteiger partial charge < -0.3 is 10.4 Å². The quantitative estimate of drug-likeness (QED) is 0.840. The number of hydrogen-bond donors (Lipinski definition) is 2. The Hall–Kier alpha value is -1.81. The van der Waals surface area contributed by atoms with Gasteiger partial charge in [-0.05, 0) is 43.0 Å². The molecule has 1 amide bonds. The molecule has 0 saturated heterocycles. The van der Waals surface area contributed by atoms with E-state index in [1.54, 1.807) is 18.2 Å². The number of hydrogen-bond acceptors (Lipinski definition) is 2. The zero-order valence-electron chi connectivity index (χ0n) is 11.6. The van der Waals surface area contributed by atoms with Gasteiger partial charge in [0.05, 0.1) is 5.92 Å². The second kappa shape index (κ2) is 7.27. The van der Waals surface area contributed by atoms with Crippen LogP contribution in [0.25, 0.3) is 6.08 Å². The first kappa shape index (κ1) is 15.6. The summed E-state index contributed by atoms with van der Waals surface area (Å²) in [5.74, 6) is -1.31. The molecule has 0 aromatic heterocycles. The molecule has 0 heterocycles. The number of rotatable bonds is 4. The summed E-state index contributed by atoms with van der Waals surface area (Å²) in [5.41, 5.74) is 0.890. The highest BCUT2D eigenvalue weighted by atomic mass is 35.5. The third-order valence-corrected chi connectivity index (χ3v) is 3.92. The molecule has 1 aromatic rings. The van der Waals surface area contributed by atoms with E-state index < -0.39 is 5.97 Å². The maximum atomic E-state index is 11.9. The summed E-state index contributed by atoms with van der Waals surface area (Å²) in [6.07, 6.45) is 6.06. The predicted molar refractivity (Wildman–Crippen MR) is 82.0 cm³/mol. The molecule has 0 aliphatic heterocycles. The van der Waals surface area contributed by atoms with Crippen molar-refractivity contribution in [2.75, 3.05) is 0 Å². The Kier molecular flexibility index (Phi) is 5.39. The molecule has 0 bridgehead atoms. The van der Waals surface area contributed by atoms with E-state index in [0.29, 0.717) is 17.9 Å². The number of amides is 1. The molecule has 1 aromatic carbocycles. The molecule has 2 unspecified atom stereocenters. The lowest BCUT2D eigenvalue weighted by Crippen LogP contribution is -2.39. The van der Waals surface area contributed by atoms with Crippen molar-refractivity contribution < 1.29 is 14.7 Å². The van der Waals surface area contributed by atoms with Crippen LogP contribution in [-0.4, -0.2) is 23.0 Å². The van der Waals surface area contributed by atoms with Crippen LogP contribution in [0, 0.1) is 5.92 Å². The van der Waals surface area contributed by atoms with E-state index in [0.717, 1.165) is 18.4 Å². The van der Waals surface area contributed by atoms with Crippen LogP contribution in [0.5, 0.6) is 0 Å². The molecule has 112 valence electrons. The van der Waals surface area contributed by atoms with Crippen molar-refractivity contribution in [2.24, 2.45) is 5.92 Å². The fourth-order valence-electron chi connectivity index (χ4n) is 2.54. The molecule has 4 nitrogen and oxygen atoms in total. The average molecular weight is 308 g/mol. The molecule has 0 radical (unpaired) electrons. The summed E-state index contributed by atoms with van der Waals surface area (Å²) in [6.45, 7) is 0. The van der Waals surface area contributed by atoms with E-state index in [-0.39, 0.29) is 17.9 Å². The molecule has 0 spiro atoms. The number of carbonyl (C=O) groups is 2. The molecule has 2 N–H and O–H groups in total. The number of aliphatic carboxylic acids is 1. The Morgan fingerprint density at radius 2 is 1.95 bits per heavy atom. The van der Waals surface area contributed by atoms with Gasteiger partial charge >= 0.3 is 5.97 Å². The number of halogens is 1. The Morgan fingerprint density at radius 1 is 1.24 bits per heavy atom. The van der Waals surface area contributed by atoms with Crippen molar-refractivity contribution in [3.8, 4) is 0 Å². The highest BCUT2D eigenvalue weighted by molar-refractivity contribution is 6.30. The van der Waals surface area contributed by atoms with E-state index in [4.69, 9.17) is 16.7 Å². The summed E-state index contributed by atoms with van der Waals surface area (Å²) in [5, 5.41) is 12.5. The lowest BCUT2D eigenvalue weighted by atomic mass is 9.86. The number of benzene rings is 1. The minimum Gasteiger partial charge on any atom is -0.481 e. The maximum Gasteiger partial charge on any atom is 0.306 e.